The van der Waals surface area contributed by atoms with Gasteiger partial charge in [0.1, 0.15) is 0 Å². The van der Waals surface area contributed by atoms with E-state index in [9.17, 15) is 4.79 Å². The lowest BCUT2D eigenvalue weighted by Gasteiger charge is -2.37. The van der Waals surface area contributed by atoms with E-state index in [1.165, 1.54) is 11.1 Å². The van der Waals surface area contributed by atoms with Crippen LogP contribution in [0.25, 0.3) is 0 Å². The SMILES string of the molecule is Cc1ccc(C(C(N)=O)C2CCNCC2c2ccccc2)cc1. The Morgan fingerprint density at radius 3 is 2.48 bits per heavy atom. The third-order valence-electron chi connectivity index (χ3n) is 4.93. The maximum atomic E-state index is 12.3. The predicted molar refractivity (Wildman–Crippen MR) is 93.3 cm³/mol. The minimum absolute atomic E-state index is 0.221. The van der Waals surface area contributed by atoms with E-state index in [0.29, 0.717) is 5.92 Å². The van der Waals surface area contributed by atoms with Crippen molar-refractivity contribution >= 4 is 5.91 Å². The first-order valence-electron chi connectivity index (χ1n) is 8.28. The number of hydrogen-bond acceptors (Lipinski definition) is 2. The molecule has 1 fully saturated rings. The standard InChI is InChI=1S/C20H24N2O/c1-14-7-9-16(10-8-14)19(20(21)23)17-11-12-22-13-18(17)15-5-3-2-4-6-15/h2-10,17-19,22H,11-13H2,1H3,(H2,21,23). The Hall–Kier alpha value is -2.13. The number of amides is 1. The number of primary amides is 1. The third-order valence-corrected chi connectivity index (χ3v) is 4.93. The second-order valence-electron chi connectivity index (χ2n) is 6.46. The summed E-state index contributed by atoms with van der Waals surface area (Å²) < 4.78 is 0. The first-order valence-corrected chi connectivity index (χ1v) is 8.28. The highest BCUT2D eigenvalue weighted by atomic mass is 16.1. The molecule has 1 aliphatic rings. The van der Waals surface area contributed by atoms with Gasteiger partial charge in [0, 0.05) is 12.5 Å². The lowest BCUT2D eigenvalue weighted by atomic mass is 9.71. The molecule has 3 rings (SSSR count). The van der Waals surface area contributed by atoms with E-state index in [-0.39, 0.29) is 17.7 Å². The van der Waals surface area contributed by atoms with Crippen molar-refractivity contribution in [3.05, 3.63) is 71.3 Å². The molecule has 1 saturated heterocycles. The van der Waals surface area contributed by atoms with E-state index >= 15 is 0 Å². The molecule has 3 heteroatoms. The summed E-state index contributed by atoms with van der Waals surface area (Å²) in [6.07, 6.45) is 0.959. The van der Waals surface area contributed by atoms with Crippen LogP contribution in [0.5, 0.6) is 0 Å². The van der Waals surface area contributed by atoms with Gasteiger partial charge in [0.05, 0.1) is 5.92 Å². The molecule has 120 valence electrons. The highest BCUT2D eigenvalue weighted by Gasteiger charge is 2.36. The van der Waals surface area contributed by atoms with Crippen LogP contribution >= 0.6 is 0 Å². The van der Waals surface area contributed by atoms with Gasteiger partial charge in [0.2, 0.25) is 5.91 Å². The summed E-state index contributed by atoms with van der Waals surface area (Å²) in [5.74, 6) is 0.0900. The molecule has 0 spiro atoms. The van der Waals surface area contributed by atoms with Crippen molar-refractivity contribution in [3.8, 4) is 0 Å². The van der Waals surface area contributed by atoms with Crippen LogP contribution in [-0.4, -0.2) is 19.0 Å². The average Bonchev–Trinajstić information content (AvgIpc) is 2.58. The molecule has 0 bridgehead atoms. The van der Waals surface area contributed by atoms with Crippen molar-refractivity contribution in [1.29, 1.82) is 0 Å². The largest absolute Gasteiger partial charge is 0.369 e. The van der Waals surface area contributed by atoms with E-state index in [1.54, 1.807) is 0 Å². The van der Waals surface area contributed by atoms with E-state index in [2.05, 4.69) is 60.8 Å². The Balaban J connectivity index is 1.96. The maximum Gasteiger partial charge on any atom is 0.225 e. The van der Waals surface area contributed by atoms with E-state index < -0.39 is 0 Å². The molecule has 0 aromatic heterocycles. The van der Waals surface area contributed by atoms with Gasteiger partial charge in [-0.15, -0.1) is 0 Å². The third kappa shape index (κ3) is 3.45. The van der Waals surface area contributed by atoms with Gasteiger partial charge in [-0.05, 0) is 36.9 Å². The number of piperidine rings is 1. The quantitative estimate of drug-likeness (QED) is 0.912. The fraction of sp³-hybridized carbons (Fsp3) is 0.350. The molecular formula is C20H24N2O. The second kappa shape index (κ2) is 6.97. The molecule has 0 saturated carbocycles. The molecule has 0 radical (unpaired) electrons. The summed E-state index contributed by atoms with van der Waals surface area (Å²) in [5.41, 5.74) is 9.33. The molecule has 2 aromatic rings. The van der Waals surface area contributed by atoms with Crippen molar-refractivity contribution in [2.45, 2.75) is 25.2 Å². The van der Waals surface area contributed by atoms with Crippen molar-refractivity contribution in [2.75, 3.05) is 13.1 Å². The van der Waals surface area contributed by atoms with Gasteiger partial charge < -0.3 is 11.1 Å². The highest BCUT2D eigenvalue weighted by molar-refractivity contribution is 5.82. The molecule has 3 atom stereocenters. The molecular weight excluding hydrogens is 284 g/mol. The van der Waals surface area contributed by atoms with Gasteiger partial charge in [0.25, 0.3) is 0 Å². The summed E-state index contributed by atoms with van der Waals surface area (Å²) in [7, 11) is 0. The van der Waals surface area contributed by atoms with Crippen LogP contribution < -0.4 is 11.1 Å². The van der Waals surface area contributed by atoms with Crippen molar-refractivity contribution in [2.24, 2.45) is 11.7 Å². The zero-order valence-electron chi connectivity index (χ0n) is 13.5. The van der Waals surface area contributed by atoms with E-state index in [1.807, 2.05) is 6.07 Å². The zero-order chi connectivity index (χ0) is 16.2. The number of carbonyl (C=O) groups excluding carboxylic acids is 1. The first kappa shape index (κ1) is 15.8. The highest BCUT2D eigenvalue weighted by Crippen LogP contribution is 2.39. The minimum Gasteiger partial charge on any atom is -0.369 e. The lowest BCUT2D eigenvalue weighted by molar-refractivity contribution is -0.121. The van der Waals surface area contributed by atoms with Crippen molar-refractivity contribution in [3.63, 3.8) is 0 Å². The van der Waals surface area contributed by atoms with Gasteiger partial charge in [-0.1, -0.05) is 60.2 Å². The predicted octanol–water partition coefficient (Wildman–Crippen LogP) is 2.96. The molecule has 3 unspecified atom stereocenters. The topological polar surface area (TPSA) is 55.1 Å². The van der Waals surface area contributed by atoms with Crippen LogP contribution in [0.2, 0.25) is 0 Å². The average molecular weight is 308 g/mol. The molecule has 0 aliphatic carbocycles. The number of rotatable bonds is 4. The van der Waals surface area contributed by atoms with Gasteiger partial charge in [0.15, 0.2) is 0 Å². The molecule has 1 aliphatic heterocycles. The smallest absolute Gasteiger partial charge is 0.225 e. The first-order chi connectivity index (χ1) is 11.2. The monoisotopic (exact) mass is 308 g/mol. The molecule has 3 N–H and O–H groups in total. The Kier molecular flexibility index (Phi) is 4.77. The van der Waals surface area contributed by atoms with Gasteiger partial charge in [-0.3, -0.25) is 4.79 Å². The zero-order valence-corrected chi connectivity index (χ0v) is 13.5. The molecule has 1 heterocycles. The summed E-state index contributed by atoms with van der Waals surface area (Å²) >= 11 is 0. The molecule has 23 heavy (non-hydrogen) atoms. The van der Waals surface area contributed by atoms with E-state index in [4.69, 9.17) is 5.73 Å². The Morgan fingerprint density at radius 2 is 1.83 bits per heavy atom. The van der Waals surface area contributed by atoms with Crippen LogP contribution in [0.1, 0.15) is 34.9 Å². The Labute approximate surface area is 137 Å². The van der Waals surface area contributed by atoms with Crippen LogP contribution in [-0.2, 0) is 4.79 Å². The summed E-state index contributed by atoms with van der Waals surface area (Å²) in [4.78, 5) is 12.3. The van der Waals surface area contributed by atoms with Gasteiger partial charge in [-0.2, -0.15) is 0 Å². The number of hydrogen-bond donors (Lipinski definition) is 2. The summed E-state index contributed by atoms with van der Waals surface area (Å²) in [6.45, 7) is 3.88. The van der Waals surface area contributed by atoms with Gasteiger partial charge in [-0.25, -0.2) is 0 Å². The van der Waals surface area contributed by atoms with Crippen molar-refractivity contribution < 1.29 is 4.79 Å². The summed E-state index contributed by atoms with van der Waals surface area (Å²) in [6, 6.07) is 18.7. The Morgan fingerprint density at radius 1 is 1.13 bits per heavy atom. The number of aryl methyl sites for hydroxylation is 1. The molecule has 2 aromatic carbocycles. The minimum atomic E-state index is -0.233. The van der Waals surface area contributed by atoms with Crippen molar-refractivity contribution in [1.82, 2.24) is 5.32 Å². The normalized spacial score (nSPS) is 22.5. The Bertz CT molecular complexity index is 651. The lowest BCUT2D eigenvalue weighted by Crippen LogP contribution is -2.41. The maximum absolute atomic E-state index is 12.3. The molecule has 1 amide bonds. The number of carbonyl (C=O) groups is 1. The van der Waals surface area contributed by atoms with Crippen LogP contribution in [0.15, 0.2) is 54.6 Å². The van der Waals surface area contributed by atoms with Crippen LogP contribution in [0, 0.1) is 12.8 Å². The summed E-state index contributed by atoms with van der Waals surface area (Å²) in [5, 5.41) is 3.47. The van der Waals surface area contributed by atoms with Gasteiger partial charge >= 0.3 is 0 Å². The van der Waals surface area contributed by atoms with Crippen LogP contribution in [0.4, 0.5) is 0 Å². The fourth-order valence-electron chi connectivity index (χ4n) is 3.74. The fourth-order valence-corrected chi connectivity index (χ4v) is 3.74. The number of benzene rings is 2. The number of nitrogens with one attached hydrogen (secondary N) is 1. The van der Waals surface area contributed by atoms with Crippen LogP contribution in [0.3, 0.4) is 0 Å². The molecule has 3 nitrogen and oxygen atoms in total. The van der Waals surface area contributed by atoms with E-state index in [0.717, 1.165) is 25.1 Å². The number of nitrogens with two attached hydrogens (primary N) is 1. The second-order valence-corrected chi connectivity index (χ2v) is 6.46.